The molecule has 3 rings (SSSR count). The molecule has 1 aliphatic rings. The summed E-state index contributed by atoms with van der Waals surface area (Å²) in [5.74, 6) is -2.85. The molecule has 1 unspecified atom stereocenters. The van der Waals surface area contributed by atoms with Gasteiger partial charge in [0.2, 0.25) is 5.76 Å². The van der Waals surface area contributed by atoms with Gasteiger partial charge < -0.3 is 28.8 Å². The summed E-state index contributed by atoms with van der Waals surface area (Å²) in [5, 5.41) is 9.25. The second-order valence-corrected chi connectivity index (χ2v) is 6.99. The highest BCUT2D eigenvalue weighted by Gasteiger charge is 2.38. The van der Waals surface area contributed by atoms with Crippen molar-refractivity contribution in [2.45, 2.75) is 38.5 Å². The Balaban J connectivity index is 1.82. The highest BCUT2D eigenvalue weighted by molar-refractivity contribution is 5.89. The van der Waals surface area contributed by atoms with Gasteiger partial charge in [0.15, 0.2) is 11.9 Å². The van der Waals surface area contributed by atoms with Crippen LogP contribution in [0.15, 0.2) is 60.0 Å². The van der Waals surface area contributed by atoms with Crippen LogP contribution in [-0.4, -0.2) is 36.5 Å². The number of aliphatic hydroxyl groups is 1. The van der Waals surface area contributed by atoms with E-state index in [2.05, 4.69) is 9.47 Å². The molecule has 13 heteroatoms. The fraction of sp³-hybridized carbons (Fsp3) is 0.318. The van der Waals surface area contributed by atoms with E-state index in [1.807, 2.05) is 0 Å². The molecule has 1 atom stereocenters. The van der Waals surface area contributed by atoms with Crippen LogP contribution < -0.4 is 9.47 Å². The molecule has 190 valence electrons. The normalized spacial score (nSPS) is 16.2. The molecule has 0 aromatic heterocycles. The minimum Gasteiger partial charge on any atom is -0.485 e. The number of hydrogen-bond donors (Lipinski definition) is 1. The summed E-state index contributed by atoms with van der Waals surface area (Å²) in [7, 11) is 0. The van der Waals surface area contributed by atoms with Crippen molar-refractivity contribution >= 4 is 5.97 Å². The summed E-state index contributed by atoms with van der Waals surface area (Å²) in [5.41, 5.74) is -0.0818. The van der Waals surface area contributed by atoms with E-state index in [9.17, 15) is 36.2 Å². The molecule has 0 fully saturated rings. The first-order valence-electron chi connectivity index (χ1n) is 9.95. The number of ether oxygens (including phenoxy) is 5. The van der Waals surface area contributed by atoms with Crippen molar-refractivity contribution < 1.29 is 59.9 Å². The standard InChI is InChI=1S/C22H18F6O7/c23-21(24,25)34-15-7-3-1-5-13(15)11-31-18-17(9-10-29)33-20(30)19(18)32-12-14-6-2-4-8-16(14)35-22(26,27)28/h1-8,17,29H,9-12H2. The Morgan fingerprint density at radius 2 is 1.29 bits per heavy atom. The maximum atomic E-state index is 12.7. The highest BCUT2D eigenvalue weighted by Crippen LogP contribution is 2.33. The molecule has 0 amide bonds. The van der Waals surface area contributed by atoms with Crippen LogP contribution in [-0.2, 0) is 32.2 Å². The molecule has 2 aromatic carbocycles. The summed E-state index contributed by atoms with van der Waals surface area (Å²) in [6.07, 6.45) is -11.2. The molecule has 0 saturated carbocycles. The zero-order valence-corrected chi connectivity index (χ0v) is 17.7. The Bertz CT molecular complexity index is 1060. The van der Waals surface area contributed by atoms with Crippen LogP contribution in [0.2, 0.25) is 0 Å². The van der Waals surface area contributed by atoms with Crippen LogP contribution in [0.1, 0.15) is 17.5 Å². The molecule has 0 radical (unpaired) electrons. The SMILES string of the molecule is O=C1OC(CCO)C(OCc2ccccc2OC(F)(F)F)=C1OCc1ccccc1OC(F)(F)F. The summed E-state index contributed by atoms with van der Waals surface area (Å²) in [6.45, 7) is -1.49. The van der Waals surface area contributed by atoms with E-state index in [-0.39, 0.29) is 23.3 Å². The number of hydrogen-bond acceptors (Lipinski definition) is 7. The first-order valence-corrected chi connectivity index (χ1v) is 9.95. The van der Waals surface area contributed by atoms with Crippen molar-refractivity contribution in [3.63, 3.8) is 0 Å². The lowest BCUT2D eigenvalue weighted by Crippen LogP contribution is -2.19. The molecule has 0 aliphatic carbocycles. The number of benzene rings is 2. The molecule has 0 spiro atoms. The maximum Gasteiger partial charge on any atom is 0.573 e. The van der Waals surface area contributed by atoms with Crippen LogP contribution in [0.4, 0.5) is 26.3 Å². The summed E-state index contributed by atoms with van der Waals surface area (Å²) >= 11 is 0. The van der Waals surface area contributed by atoms with Crippen molar-refractivity contribution in [1.82, 2.24) is 0 Å². The third kappa shape index (κ3) is 7.44. The van der Waals surface area contributed by atoms with E-state index in [1.165, 1.54) is 36.4 Å². The first kappa shape index (κ1) is 26.0. The Labute approximate surface area is 194 Å². The van der Waals surface area contributed by atoms with Crippen LogP contribution in [0.5, 0.6) is 11.5 Å². The molecule has 0 saturated heterocycles. The molecule has 7 nitrogen and oxygen atoms in total. The van der Waals surface area contributed by atoms with Crippen molar-refractivity contribution in [2.24, 2.45) is 0 Å². The molecule has 1 aliphatic heterocycles. The van der Waals surface area contributed by atoms with Gasteiger partial charge >= 0.3 is 18.7 Å². The van der Waals surface area contributed by atoms with Crippen molar-refractivity contribution in [2.75, 3.05) is 6.61 Å². The van der Waals surface area contributed by atoms with Crippen LogP contribution in [0.25, 0.3) is 0 Å². The average Bonchev–Trinajstić information content (AvgIpc) is 3.04. The number of alkyl halides is 6. The predicted octanol–water partition coefficient (Wildman–Crippen LogP) is 4.74. The third-order valence-corrected chi connectivity index (χ3v) is 4.49. The zero-order chi connectivity index (χ0) is 25.6. The van der Waals surface area contributed by atoms with E-state index in [0.717, 1.165) is 12.1 Å². The average molecular weight is 508 g/mol. The van der Waals surface area contributed by atoms with E-state index in [4.69, 9.17) is 14.2 Å². The van der Waals surface area contributed by atoms with Gasteiger partial charge in [0.25, 0.3) is 0 Å². The largest absolute Gasteiger partial charge is 0.573 e. The first-order chi connectivity index (χ1) is 16.5. The molecule has 0 bridgehead atoms. The number of aliphatic hydroxyl groups excluding tert-OH is 1. The smallest absolute Gasteiger partial charge is 0.485 e. The Hall–Kier alpha value is -3.61. The molecule has 35 heavy (non-hydrogen) atoms. The quantitative estimate of drug-likeness (QED) is 0.367. The second kappa shape index (κ2) is 10.8. The molecule has 2 aromatic rings. The maximum absolute atomic E-state index is 12.7. The third-order valence-electron chi connectivity index (χ3n) is 4.49. The molecule has 1 heterocycles. The topological polar surface area (TPSA) is 83.5 Å². The predicted molar refractivity (Wildman–Crippen MR) is 104 cm³/mol. The van der Waals surface area contributed by atoms with Gasteiger partial charge in [0, 0.05) is 24.2 Å². The molecular formula is C22H18F6O7. The minimum atomic E-state index is -4.96. The second-order valence-electron chi connectivity index (χ2n) is 6.99. The number of para-hydroxylation sites is 2. The Kier molecular flexibility index (Phi) is 7.99. The van der Waals surface area contributed by atoms with Gasteiger partial charge in [0.1, 0.15) is 24.7 Å². The highest BCUT2D eigenvalue weighted by atomic mass is 19.4. The number of rotatable bonds is 10. The van der Waals surface area contributed by atoms with E-state index in [1.54, 1.807) is 0 Å². The zero-order valence-electron chi connectivity index (χ0n) is 17.7. The lowest BCUT2D eigenvalue weighted by atomic mass is 10.2. The summed E-state index contributed by atoms with van der Waals surface area (Å²) < 4.78 is 99.8. The van der Waals surface area contributed by atoms with Gasteiger partial charge in [-0.05, 0) is 12.1 Å². The van der Waals surface area contributed by atoms with Gasteiger partial charge in [-0.3, -0.25) is 0 Å². The lowest BCUT2D eigenvalue weighted by molar-refractivity contribution is -0.276. The van der Waals surface area contributed by atoms with Crippen molar-refractivity contribution in [3.8, 4) is 11.5 Å². The molecule has 1 N–H and O–H groups in total. The monoisotopic (exact) mass is 508 g/mol. The van der Waals surface area contributed by atoms with Gasteiger partial charge in [-0.15, -0.1) is 26.3 Å². The van der Waals surface area contributed by atoms with Crippen molar-refractivity contribution in [3.05, 3.63) is 71.2 Å². The number of halogens is 6. The fourth-order valence-corrected chi connectivity index (χ4v) is 3.08. The van der Waals surface area contributed by atoms with Crippen LogP contribution >= 0.6 is 0 Å². The number of carbonyl (C=O) groups excluding carboxylic acids is 1. The van der Waals surface area contributed by atoms with E-state index >= 15 is 0 Å². The molecular weight excluding hydrogens is 490 g/mol. The minimum absolute atomic E-state index is 0.0253. The van der Waals surface area contributed by atoms with E-state index in [0.29, 0.717) is 0 Å². The number of esters is 1. The fourth-order valence-electron chi connectivity index (χ4n) is 3.08. The Morgan fingerprint density at radius 1 is 0.800 bits per heavy atom. The lowest BCUT2D eigenvalue weighted by Gasteiger charge is -2.17. The van der Waals surface area contributed by atoms with Gasteiger partial charge in [-0.1, -0.05) is 36.4 Å². The van der Waals surface area contributed by atoms with Gasteiger partial charge in [-0.2, -0.15) is 0 Å². The van der Waals surface area contributed by atoms with Crippen molar-refractivity contribution in [1.29, 1.82) is 0 Å². The van der Waals surface area contributed by atoms with Crippen LogP contribution in [0, 0.1) is 0 Å². The Morgan fingerprint density at radius 3 is 1.77 bits per heavy atom. The van der Waals surface area contributed by atoms with E-state index < -0.39 is 61.9 Å². The number of carbonyl (C=O) groups is 1. The number of cyclic esters (lactones) is 1. The van der Waals surface area contributed by atoms with Gasteiger partial charge in [0.05, 0.1) is 0 Å². The summed E-state index contributed by atoms with van der Waals surface area (Å²) in [4.78, 5) is 12.3. The van der Waals surface area contributed by atoms with Crippen LogP contribution in [0.3, 0.4) is 0 Å². The van der Waals surface area contributed by atoms with Gasteiger partial charge in [-0.25, -0.2) is 4.79 Å². The summed E-state index contributed by atoms with van der Waals surface area (Å²) in [6, 6.07) is 10.2.